The van der Waals surface area contributed by atoms with Crippen LogP contribution in [0, 0.1) is 25.7 Å². The number of aryl methyl sites for hydroxylation is 2. The standard InChI is InChI=1S/C17H21N5O2.C2HF3O2/c1-11-15(12(2)24-20-11)10-21-6-13-8-22(9-14(13)7-21)17(23)16-5-18-3-4-19-16;3-2(4,5)1(6)7/h3-5,13-14H,6-10H2,1-2H3;(H,6,7)/t13-,14+;. The summed E-state index contributed by atoms with van der Waals surface area (Å²) < 4.78 is 37.0. The van der Waals surface area contributed by atoms with Crippen LogP contribution < -0.4 is 0 Å². The Morgan fingerprint density at radius 2 is 1.77 bits per heavy atom. The molecule has 0 saturated carbocycles. The minimum absolute atomic E-state index is 0.00484. The molecular weight excluding hydrogens is 419 g/mol. The molecule has 0 aromatic carbocycles. The van der Waals surface area contributed by atoms with Crippen LogP contribution in [0.4, 0.5) is 13.2 Å². The highest BCUT2D eigenvalue weighted by atomic mass is 19.4. The molecule has 31 heavy (non-hydrogen) atoms. The van der Waals surface area contributed by atoms with Crippen LogP contribution >= 0.6 is 0 Å². The summed E-state index contributed by atoms with van der Waals surface area (Å²) in [4.78, 5) is 33.9. The Kier molecular flexibility index (Phi) is 6.58. The van der Waals surface area contributed by atoms with Gasteiger partial charge in [-0.05, 0) is 25.7 Å². The van der Waals surface area contributed by atoms with Gasteiger partial charge in [-0.15, -0.1) is 0 Å². The number of rotatable bonds is 3. The Hall–Kier alpha value is -3.02. The molecule has 0 radical (unpaired) electrons. The van der Waals surface area contributed by atoms with Crippen molar-refractivity contribution >= 4 is 11.9 Å². The third kappa shape index (κ3) is 5.37. The highest BCUT2D eigenvalue weighted by molar-refractivity contribution is 5.92. The van der Waals surface area contributed by atoms with Crippen molar-refractivity contribution in [2.24, 2.45) is 11.8 Å². The number of carbonyl (C=O) groups excluding carboxylic acids is 1. The largest absolute Gasteiger partial charge is 0.490 e. The summed E-state index contributed by atoms with van der Waals surface area (Å²) >= 11 is 0. The van der Waals surface area contributed by atoms with Gasteiger partial charge in [0.25, 0.3) is 5.91 Å². The molecule has 9 nitrogen and oxygen atoms in total. The Balaban J connectivity index is 0.000000339. The molecule has 1 amide bonds. The topological polar surface area (TPSA) is 113 Å². The van der Waals surface area contributed by atoms with Gasteiger partial charge in [0, 0.05) is 50.7 Å². The first-order valence-corrected chi connectivity index (χ1v) is 9.55. The number of fused-ring (bicyclic) bond motifs is 1. The van der Waals surface area contributed by atoms with Crippen molar-refractivity contribution in [1.29, 1.82) is 0 Å². The van der Waals surface area contributed by atoms with Crippen molar-refractivity contribution < 1.29 is 32.4 Å². The molecule has 2 aromatic rings. The van der Waals surface area contributed by atoms with Gasteiger partial charge in [-0.25, -0.2) is 9.78 Å². The van der Waals surface area contributed by atoms with Gasteiger partial charge in [-0.1, -0.05) is 5.16 Å². The van der Waals surface area contributed by atoms with Crippen molar-refractivity contribution in [3.05, 3.63) is 41.3 Å². The zero-order valence-electron chi connectivity index (χ0n) is 17.0. The lowest BCUT2D eigenvalue weighted by atomic mass is 10.0. The van der Waals surface area contributed by atoms with E-state index in [1.165, 1.54) is 5.56 Å². The number of nitrogens with zero attached hydrogens (tertiary/aromatic N) is 5. The first-order valence-electron chi connectivity index (χ1n) is 9.55. The molecule has 2 aromatic heterocycles. The lowest BCUT2D eigenvalue weighted by Gasteiger charge is -2.21. The number of carboxylic acids is 1. The molecule has 0 bridgehead atoms. The first-order chi connectivity index (χ1) is 14.6. The van der Waals surface area contributed by atoms with Crippen LogP contribution in [-0.2, 0) is 11.3 Å². The van der Waals surface area contributed by atoms with Crippen LogP contribution in [0.2, 0.25) is 0 Å². The predicted octanol–water partition coefficient (Wildman–Crippen LogP) is 1.92. The van der Waals surface area contributed by atoms with Crippen LogP contribution in [0.3, 0.4) is 0 Å². The predicted molar refractivity (Wildman–Crippen MR) is 99.9 cm³/mol. The van der Waals surface area contributed by atoms with Crippen molar-refractivity contribution in [1.82, 2.24) is 24.9 Å². The molecular formula is C19H22F3N5O4. The van der Waals surface area contributed by atoms with Crippen LogP contribution in [0.1, 0.15) is 27.5 Å². The Morgan fingerprint density at radius 3 is 2.23 bits per heavy atom. The third-order valence-corrected chi connectivity index (χ3v) is 5.44. The molecule has 12 heteroatoms. The van der Waals surface area contributed by atoms with Crippen LogP contribution in [0.5, 0.6) is 0 Å². The van der Waals surface area contributed by atoms with Gasteiger partial charge in [0.2, 0.25) is 0 Å². The number of alkyl halides is 3. The summed E-state index contributed by atoms with van der Waals surface area (Å²) in [6.07, 6.45) is -0.391. The molecule has 0 unspecified atom stereocenters. The van der Waals surface area contributed by atoms with Crippen LogP contribution in [0.25, 0.3) is 0 Å². The third-order valence-electron chi connectivity index (χ3n) is 5.44. The van der Waals surface area contributed by atoms with Gasteiger partial charge in [0.15, 0.2) is 0 Å². The molecule has 2 aliphatic heterocycles. The second-order valence-electron chi connectivity index (χ2n) is 7.62. The number of aromatic nitrogens is 3. The number of aliphatic carboxylic acids is 1. The van der Waals surface area contributed by atoms with E-state index in [1.807, 2.05) is 18.7 Å². The van der Waals surface area contributed by atoms with Gasteiger partial charge in [0.1, 0.15) is 11.5 Å². The smallest absolute Gasteiger partial charge is 0.475 e. The SMILES string of the molecule is Cc1noc(C)c1CN1C[C@@H]2CN(C(=O)c3cnccn3)C[C@@H]2C1.O=C(O)C(F)(F)F. The van der Waals surface area contributed by atoms with Crippen molar-refractivity contribution in [3.8, 4) is 0 Å². The second kappa shape index (κ2) is 9.00. The van der Waals surface area contributed by atoms with E-state index < -0.39 is 12.1 Å². The van der Waals surface area contributed by atoms with E-state index in [9.17, 15) is 18.0 Å². The van der Waals surface area contributed by atoms with Gasteiger partial charge in [-0.3, -0.25) is 14.7 Å². The summed E-state index contributed by atoms with van der Waals surface area (Å²) in [5, 5.41) is 11.2. The number of likely N-dealkylation sites (tertiary alicyclic amines) is 2. The minimum Gasteiger partial charge on any atom is -0.475 e. The van der Waals surface area contributed by atoms with E-state index in [4.69, 9.17) is 14.4 Å². The molecule has 168 valence electrons. The Morgan fingerprint density at radius 1 is 1.16 bits per heavy atom. The number of halogens is 3. The fraction of sp³-hybridized carbons (Fsp3) is 0.526. The molecule has 2 saturated heterocycles. The van der Waals surface area contributed by atoms with Crippen molar-refractivity contribution in [3.63, 3.8) is 0 Å². The molecule has 4 rings (SSSR count). The highest BCUT2D eigenvalue weighted by Crippen LogP contribution is 2.33. The maximum absolute atomic E-state index is 12.5. The average molecular weight is 441 g/mol. The monoisotopic (exact) mass is 441 g/mol. The summed E-state index contributed by atoms with van der Waals surface area (Å²) in [6.45, 7) is 8.47. The van der Waals surface area contributed by atoms with E-state index in [-0.39, 0.29) is 5.91 Å². The van der Waals surface area contributed by atoms with E-state index in [1.54, 1.807) is 18.6 Å². The molecule has 0 aliphatic carbocycles. The maximum Gasteiger partial charge on any atom is 0.490 e. The van der Waals surface area contributed by atoms with Crippen molar-refractivity contribution in [2.45, 2.75) is 26.6 Å². The van der Waals surface area contributed by atoms with E-state index >= 15 is 0 Å². The van der Waals surface area contributed by atoms with E-state index in [2.05, 4.69) is 20.0 Å². The fourth-order valence-corrected chi connectivity index (χ4v) is 3.91. The van der Waals surface area contributed by atoms with Gasteiger partial charge >= 0.3 is 12.1 Å². The molecule has 2 aliphatic rings. The zero-order valence-corrected chi connectivity index (χ0v) is 17.0. The summed E-state index contributed by atoms with van der Waals surface area (Å²) in [5.74, 6) is -0.788. The summed E-state index contributed by atoms with van der Waals surface area (Å²) in [5.41, 5.74) is 2.61. The number of carboxylic acid groups (broad SMARTS) is 1. The first kappa shape index (κ1) is 22.7. The number of amides is 1. The molecule has 2 fully saturated rings. The van der Waals surface area contributed by atoms with E-state index in [0.717, 1.165) is 44.2 Å². The van der Waals surface area contributed by atoms with Crippen LogP contribution in [-0.4, -0.2) is 74.3 Å². The summed E-state index contributed by atoms with van der Waals surface area (Å²) in [7, 11) is 0. The van der Waals surface area contributed by atoms with Gasteiger partial charge in [-0.2, -0.15) is 13.2 Å². The summed E-state index contributed by atoms with van der Waals surface area (Å²) in [6, 6.07) is 0. The lowest BCUT2D eigenvalue weighted by Crippen LogP contribution is -2.33. The van der Waals surface area contributed by atoms with Crippen LogP contribution in [0.15, 0.2) is 23.1 Å². The molecule has 0 spiro atoms. The van der Waals surface area contributed by atoms with Gasteiger partial charge < -0.3 is 14.5 Å². The lowest BCUT2D eigenvalue weighted by molar-refractivity contribution is -0.192. The average Bonchev–Trinajstić information content (AvgIpc) is 3.37. The maximum atomic E-state index is 12.5. The minimum atomic E-state index is -5.08. The highest BCUT2D eigenvalue weighted by Gasteiger charge is 2.42. The van der Waals surface area contributed by atoms with Crippen molar-refractivity contribution in [2.75, 3.05) is 26.2 Å². The number of carbonyl (C=O) groups is 2. The normalized spacial score (nSPS) is 20.9. The Labute approximate surface area is 175 Å². The number of hydrogen-bond acceptors (Lipinski definition) is 7. The quantitative estimate of drug-likeness (QED) is 0.769. The second-order valence-corrected chi connectivity index (χ2v) is 7.62. The fourth-order valence-electron chi connectivity index (χ4n) is 3.91. The molecule has 4 heterocycles. The van der Waals surface area contributed by atoms with E-state index in [0.29, 0.717) is 17.5 Å². The molecule has 2 atom stereocenters. The van der Waals surface area contributed by atoms with Gasteiger partial charge in [0.05, 0.1) is 11.9 Å². The zero-order chi connectivity index (χ0) is 22.8. The molecule has 1 N–H and O–H groups in total. The number of hydrogen-bond donors (Lipinski definition) is 1. The Bertz CT molecular complexity index is 901.